The average molecular weight is 1060 g/mol. The van der Waals surface area contributed by atoms with E-state index >= 15 is 4.79 Å². The number of hydrogen-bond acceptors (Lipinski definition) is 13. The van der Waals surface area contributed by atoms with E-state index in [1.54, 1.807) is 29.7 Å². The second-order valence-electron chi connectivity index (χ2n) is 18.7. The molecule has 2 fully saturated rings. The molecule has 11 rings (SSSR count). The van der Waals surface area contributed by atoms with E-state index in [4.69, 9.17) is 29.3 Å². The first-order valence-corrected chi connectivity index (χ1v) is 27.2. The van der Waals surface area contributed by atoms with Crippen molar-refractivity contribution in [3.05, 3.63) is 268 Å². The summed E-state index contributed by atoms with van der Waals surface area (Å²) in [4.78, 5) is 64.1. The summed E-state index contributed by atoms with van der Waals surface area (Å²) < 4.78 is 11.2. The van der Waals surface area contributed by atoms with Gasteiger partial charge in [0.1, 0.15) is 46.8 Å². The van der Waals surface area contributed by atoms with Crippen LogP contribution in [0.4, 0.5) is 5.13 Å². The van der Waals surface area contributed by atoms with Gasteiger partial charge in [-0.1, -0.05) is 199 Å². The lowest BCUT2D eigenvalue weighted by Crippen LogP contribution is -2.71. The summed E-state index contributed by atoms with van der Waals surface area (Å²) in [6.07, 6.45) is 0.184. The van der Waals surface area contributed by atoms with E-state index in [2.05, 4.69) is 47.0 Å². The molecule has 3 atom stereocenters. The summed E-state index contributed by atoms with van der Waals surface area (Å²) in [6, 6.07) is 65.9. The van der Waals surface area contributed by atoms with Crippen molar-refractivity contribution in [3.63, 3.8) is 0 Å². The monoisotopic (exact) mass is 1060 g/mol. The first kappa shape index (κ1) is 50.8. The van der Waals surface area contributed by atoms with Crippen molar-refractivity contribution < 1.29 is 33.5 Å². The van der Waals surface area contributed by atoms with Gasteiger partial charge in [-0.25, -0.2) is 9.78 Å². The highest BCUT2D eigenvalue weighted by molar-refractivity contribution is 8.00. The maximum atomic E-state index is 15.4. The van der Waals surface area contributed by atoms with Crippen molar-refractivity contribution in [2.75, 3.05) is 31.8 Å². The maximum absolute atomic E-state index is 15.4. The van der Waals surface area contributed by atoms with Crippen LogP contribution in [0.5, 0.6) is 5.75 Å². The molecule has 2 saturated heterocycles. The smallest absolute Gasteiger partial charge is 0.355 e. The molecule has 2 amide bonds. The molecule has 0 spiro atoms. The number of methoxy groups -OCH3 is 1. The Labute approximate surface area is 455 Å². The minimum atomic E-state index is -1.36. The Kier molecular flexibility index (Phi) is 14.8. The Morgan fingerprint density at radius 1 is 0.714 bits per heavy atom. The fourth-order valence-electron chi connectivity index (χ4n) is 10.3. The van der Waals surface area contributed by atoms with Crippen molar-refractivity contribution in [2.45, 2.75) is 41.7 Å². The van der Waals surface area contributed by atoms with E-state index in [1.807, 2.05) is 165 Å². The molecule has 386 valence electrons. The lowest BCUT2D eigenvalue weighted by Gasteiger charge is -2.50. The summed E-state index contributed by atoms with van der Waals surface area (Å²) in [5, 5.41) is 15.1. The third-order valence-corrected chi connectivity index (χ3v) is 16.2. The molecule has 0 saturated carbocycles. The highest BCUT2D eigenvalue weighted by atomic mass is 32.2. The summed E-state index contributed by atoms with van der Waals surface area (Å²) in [5.41, 5.74) is 4.44. The van der Waals surface area contributed by atoms with Crippen LogP contribution in [-0.2, 0) is 46.5 Å². The van der Waals surface area contributed by atoms with Crippen LogP contribution in [0.2, 0.25) is 0 Å². The zero-order chi connectivity index (χ0) is 52.8. The largest absolute Gasteiger partial charge is 0.497 e. The number of rotatable bonds is 18. The zero-order valence-corrected chi connectivity index (χ0v) is 43.9. The van der Waals surface area contributed by atoms with Crippen LogP contribution < -0.4 is 15.4 Å². The molecule has 3 aliphatic heterocycles. The predicted octanol–water partition coefficient (Wildman–Crippen LogP) is 10.3. The molecule has 8 aromatic rings. The van der Waals surface area contributed by atoms with Crippen molar-refractivity contribution in [1.29, 1.82) is 0 Å². The minimum Gasteiger partial charge on any atom is -0.497 e. The van der Waals surface area contributed by atoms with E-state index in [0.717, 1.165) is 38.9 Å². The topological polar surface area (TPSA) is 144 Å². The average Bonchev–Trinajstić information content (AvgIpc) is 4.17. The van der Waals surface area contributed by atoms with Crippen LogP contribution in [-0.4, -0.2) is 82.4 Å². The number of ether oxygens (including phenoxy) is 2. The lowest BCUT2D eigenvalue weighted by atomic mass is 9.77. The number of esters is 1. The molecule has 4 heterocycles. The summed E-state index contributed by atoms with van der Waals surface area (Å²) in [7, 11) is 3.42. The van der Waals surface area contributed by atoms with Crippen LogP contribution in [0.1, 0.15) is 51.1 Å². The van der Waals surface area contributed by atoms with E-state index in [9.17, 15) is 9.59 Å². The van der Waals surface area contributed by atoms with Gasteiger partial charge < -0.3 is 24.9 Å². The molecular formula is C62H54N6O7S2. The van der Waals surface area contributed by atoms with Gasteiger partial charge in [-0.05, 0) is 40.8 Å². The number of hydrogen-bond donors (Lipinski definition) is 2. The second-order valence-corrected chi connectivity index (χ2v) is 20.7. The second kappa shape index (κ2) is 22.5. The highest BCUT2D eigenvalue weighted by Crippen LogP contribution is 2.45. The van der Waals surface area contributed by atoms with Crippen molar-refractivity contribution in [2.24, 2.45) is 5.16 Å². The van der Waals surface area contributed by atoms with Crippen LogP contribution in [0.15, 0.2) is 228 Å². The van der Waals surface area contributed by atoms with E-state index in [1.165, 1.54) is 28.0 Å². The fourth-order valence-corrected chi connectivity index (χ4v) is 12.4. The number of thiazole rings is 1. The summed E-state index contributed by atoms with van der Waals surface area (Å²) in [5.74, 6) is -0.820. The number of nitrogens with one attached hydrogen (secondary N) is 2. The number of oxime groups is 1. The molecule has 2 N–H and O–H groups in total. The van der Waals surface area contributed by atoms with Gasteiger partial charge in [0.2, 0.25) is 5.60 Å². The molecule has 0 radical (unpaired) electrons. The standard InChI is InChI=1S/C62H54N6O7S2/c1-67-38-37-52(74-67)50-40-76-58-54(57(70)68(58)55(50)59(71)73-39-42-33-35-49(72-2)36-34-42)64-56(69)53(66-75-62(46-27-15-6-16-28-46,47-29-17-7-18-30-47)48-31-19-8-20-32-48)51-41-77-60(63-51)65-61(43-21-9-3-10-22-43,44-23-11-4-12-24-44)45-25-13-5-14-26-45/h3-36,41,52,54,58H,37-40H2,1-2H3,(H,63,65)(H,64,69)/b66-53-/t52-,54?,58?/m0/s1. The quantitative estimate of drug-likeness (QED) is 0.0279. The number of aromatic nitrogens is 1. The number of fused-ring (bicyclic) bond motifs is 1. The Hall–Kier alpha value is -8.34. The van der Waals surface area contributed by atoms with Crippen molar-refractivity contribution in [1.82, 2.24) is 20.3 Å². The number of benzene rings is 7. The molecule has 0 bridgehead atoms. The molecular weight excluding hydrogens is 1000 g/mol. The molecule has 3 aliphatic rings. The van der Waals surface area contributed by atoms with E-state index in [0.29, 0.717) is 35.2 Å². The molecule has 2 unspecified atom stereocenters. The number of amides is 2. The zero-order valence-electron chi connectivity index (χ0n) is 42.2. The maximum Gasteiger partial charge on any atom is 0.355 e. The third-order valence-electron chi connectivity index (χ3n) is 14.1. The molecule has 7 aromatic carbocycles. The third kappa shape index (κ3) is 10.0. The highest BCUT2D eigenvalue weighted by Gasteiger charge is 2.56. The van der Waals surface area contributed by atoms with Crippen molar-refractivity contribution in [3.8, 4) is 5.75 Å². The fraction of sp³-hybridized carbons (Fsp3) is 0.177. The number of hydroxylamine groups is 2. The number of carbonyl (C=O) groups excluding carboxylic acids is 3. The van der Waals surface area contributed by atoms with Crippen molar-refractivity contribution >= 4 is 51.7 Å². The van der Waals surface area contributed by atoms with Gasteiger partial charge >= 0.3 is 5.97 Å². The van der Waals surface area contributed by atoms with Gasteiger partial charge in [-0.2, -0.15) is 5.06 Å². The number of carbonyl (C=O) groups is 3. The Morgan fingerprint density at radius 2 is 1.22 bits per heavy atom. The molecule has 15 heteroatoms. The number of β-lactam (4-membered cyclic amide) rings is 1. The summed E-state index contributed by atoms with van der Waals surface area (Å²) >= 11 is 2.75. The van der Waals surface area contributed by atoms with Gasteiger partial charge in [-0.15, -0.1) is 23.1 Å². The lowest BCUT2D eigenvalue weighted by molar-refractivity contribution is -0.154. The summed E-state index contributed by atoms with van der Waals surface area (Å²) in [6.45, 7) is 0.613. The van der Waals surface area contributed by atoms with Crippen LogP contribution >= 0.6 is 23.1 Å². The first-order valence-electron chi connectivity index (χ1n) is 25.3. The Morgan fingerprint density at radius 3 is 1.70 bits per heavy atom. The molecule has 0 aliphatic carbocycles. The number of thioether (sulfide) groups is 1. The molecule has 77 heavy (non-hydrogen) atoms. The van der Waals surface area contributed by atoms with Crippen LogP contribution in [0.3, 0.4) is 0 Å². The SMILES string of the molecule is COc1ccc(COC(=O)C2=C([C@@H]3CCN(C)O3)CSC3C(NC(=O)/C(=N\OC(c4ccccc4)(c4ccccc4)c4ccccc4)c4csc(NC(c5ccccc5)(c5ccccc5)c5ccccc5)n4)C(=O)N23)cc1. The minimum absolute atomic E-state index is 0.0328. The van der Waals surface area contributed by atoms with E-state index < -0.39 is 46.4 Å². The normalized spacial score (nSPS) is 17.7. The molecule has 13 nitrogen and oxygen atoms in total. The van der Waals surface area contributed by atoms with Gasteiger partial charge in [0.15, 0.2) is 10.8 Å². The Balaban J connectivity index is 0.979. The van der Waals surface area contributed by atoms with E-state index in [-0.39, 0.29) is 23.7 Å². The number of nitrogens with zero attached hydrogens (tertiary/aromatic N) is 4. The first-order chi connectivity index (χ1) is 37.8. The van der Waals surface area contributed by atoms with Crippen LogP contribution in [0.25, 0.3) is 0 Å². The Bertz CT molecular complexity index is 3210. The predicted molar refractivity (Wildman–Crippen MR) is 299 cm³/mol. The van der Waals surface area contributed by atoms with Gasteiger partial charge in [0, 0.05) is 47.0 Å². The van der Waals surface area contributed by atoms with Gasteiger partial charge in [0.25, 0.3) is 11.8 Å². The molecule has 1 aromatic heterocycles. The van der Waals surface area contributed by atoms with Crippen LogP contribution in [0, 0.1) is 0 Å². The van der Waals surface area contributed by atoms with Gasteiger partial charge in [0.05, 0.1) is 7.11 Å². The number of anilines is 1. The van der Waals surface area contributed by atoms with Gasteiger partial charge in [-0.3, -0.25) is 19.3 Å².